The van der Waals surface area contributed by atoms with Crippen LogP contribution < -0.4 is 5.01 Å². The van der Waals surface area contributed by atoms with Crippen molar-refractivity contribution in [2.45, 2.75) is 0 Å². The first-order chi connectivity index (χ1) is 10.0. The minimum Gasteiger partial charge on any atom is -0.319 e. The van der Waals surface area contributed by atoms with Crippen LogP contribution in [0.2, 0.25) is 5.02 Å². The van der Waals surface area contributed by atoms with Crippen LogP contribution in [-0.2, 0) is 0 Å². The molecule has 2 rings (SSSR count). The number of ketones is 1. The molecule has 0 aliphatic rings. The Bertz CT molecular complexity index is 738. The van der Waals surface area contributed by atoms with Gasteiger partial charge in [0.15, 0.2) is 0 Å². The largest absolute Gasteiger partial charge is 0.319 e. The Morgan fingerprint density at radius 2 is 2.00 bits per heavy atom. The fourth-order valence-electron chi connectivity index (χ4n) is 1.95. The van der Waals surface area contributed by atoms with Crippen LogP contribution in [-0.4, -0.2) is 24.6 Å². The standard InChI is InChI=1S/C16H14ClN3O/c1-19(2)20-9-5-6-13(20)10-12(11-18)16(21)14-7-3-4-8-15(14)17/h3-10H,1-2H3. The highest BCUT2D eigenvalue weighted by molar-refractivity contribution is 6.35. The molecule has 1 heterocycles. The Labute approximate surface area is 128 Å². The Morgan fingerprint density at radius 3 is 2.62 bits per heavy atom. The summed E-state index contributed by atoms with van der Waals surface area (Å²) in [7, 11) is 3.75. The number of hydrogen-bond donors (Lipinski definition) is 0. The van der Waals surface area contributed by atoms with Crippen LogP contribution in [0, 0.1) is 11.3 Å². The molecule has 0 aliphatic heterocycles. The second kappa shape index (κ2) is 6.29. The van der Waals surface area contributed by atoms with Gasteiger partial charge in [0.05, 0.1) is 10.7 Å². The van der Waals surface area contributed by atoms with E-state index in [2.05, 4.69) is 0 Å². The van der Waals surface area contributed by atoms with Crippen molar-refractivity contribution in [2.24, 2.45) is 0 Å². The zero-order chi connectivity index (χ0) is 15.4. The highest BCUT2D eigenvalue weighted by Gasteiger charge is 2.15. The molecule has 4 nitrogen and oxygen atoms in total. The molecule has 0 unspecified atom stereocenters. The highest BCUT2D eigenvalue weighted by atomic mass is 35.5. The predicted molar refractivity (Wildman–Crippen MR) is 83.9 cm³/mol. The van der Waals surface area contributed by atoms with Crippen LogP contribution in [0.1, 0.15) is 16.1 Å². The van der Waals surface area contributed by atoms with Gasteiger partial charge in [-0.1, -0.05) is 23.7 Å². The number of aromatic nitrogens is 1. The van der Waals surface area contributed by atoms with Gasteiger partial charge in [-0.25, -0.2) is 0 Å². The van der Waals surface area contributed by atoms with Crippen molar-refractivity contribution >= 4 is 23.5 Å². The second-order valence-corrected chi connectivity index (χ2v) is 5.01. The third kappa shape index (κ3) is 3.15. The molecule has 0 amide bonds. The SMILES string of the molecule is CN(C)n1cccc1C=C(C#N)C(=O)c1ccccc1Cl. The maximum atomic E-state index is 12.4. The molecule has 1 aromatic heterocycles. The summed E-state index contributed by atoms with van der Waals surface area (Å²) in [6.45, 7) is 0. The van der Waals surface area contributed by atoms with E-state index in [1.807, 2.05) is 48.2 Å². The molecule has 0 atom stereocenters. The van der Waals surface area contributed by atoms with Crippen molar-refractivity contribution in [1.82, 2.24) is 4.68 Å². The predicted octanol–water partition coefficient (Wildman–Crippen LogP) is 3.13. The molecule has 5 heteroatoms. The van der Waals surface area contributed by atoms with Crippen LogP contribution in [0.15, 0.2) is 48.2 Å². The van der Waals surface area contributed by atoms with Crippen molar-refractivity contribution in [3.8, 4) is 6.07 Å². The van der Waals surface area contributed by atoms with Gasteiger partial charge in [-0.15, -0.1) is 0 Å². The molecule has 0 N–H and O–H groups in total. The molecule has 0 aliphatic carbocycles. The monoisotopic (exact) mass is 299 g/mol. The van der Waals surface area contributed by atoms with E-state index < -0.39 is 0 Å². The molecule has 0 saturated carbocycles. The Kier molecular flexibility index (Phi) is 4.46. The van der Waals surface area contributed by atoms with E-state index in [-0.39, 0.29) is 11.4 Å². The van der Waals surface area contributed by atoms with Gasteiger partial charge in [-0.05, 0) is 30.3 Å². The molecule has 1 aromatic carbocycles. The van der Waals surface area contributed by atoms with Gasteiger partial charge in [0.25, 0.3) is 0 Å². The molecule has 0 radical (unpaired) electrons. The van der Waals surface area contributed by atoms with Crippen molar-refractivity contribution in [3.63, 3.8) is 0 Å². The molecule has 0 saturated heterocycles. The lowest BCUT2D eigenvalue weighted by Gasteiger charge is -2.16. The summed E-state index contributed by atoms with van der Waals surface area (Å²) in [5, 5.41) is 11.5. The first-order valence-corrected chi connectivity index (χ1v) is 6.68. The highest BCUT2D eigenvalue weighted by Crippen LogP contribution is 2.20. The van der Waals surface area contributed by atoms with E-state index >= 15 is 0 Å². The molecular formula is C16H14ClN3O. The number of carbonyl (C=O) groups is 1. The van der Waals surface area contributed by atoms with Gasteiger partial charge >= 0.3 is 0 Å². The van der Waals surface area contributed by atoms with Crippen LogP contribution in [0.4, 0.5) is 0 Å². The van der Waals surface area contributed by atoms with Crippen molar-refractivity contribution in [1.29, 1.82) is 5.26 Å². The lowest BCUT2D eigenvalue weighted by molar-refractivity contribution is 0.104. The summed E-state index contributed by atoms with van der Waals surface area (Å²) >= 11 is 6.01. The summed E-state index contributed by atoms with van der Waals surface area (Å²) in [6.07, 6.45) is 3.41. The fourth-order valence-corrected chi connectivity index (χ4v) is 2.17. The summed E-state index contributed by atoms with van der Waals surface area (Å²) in [5.74, 6) is -0.380. The molecule has 2 aromatic rings. The quantitative estimate of drug-likeness (QED) is 0.495. The number of allylic oxidation sites excluding steroid dienone is 1. The second-order valence-electron chi connectivity index (χ2n) is 4.60. The minimum atomic E-state index is -0.380. The van der Waals surface area contributed by atoms with Gasteiger partial charge < -0.3 is 5.01 Å². The van der Waals surface area contributed by atoms with E-state index in [0.29, 0.717) is 10.6 Å². The van der Waals surface area contributed by atoms with Crippen LogP contribution in [0.5, 0.6) is 0 Å². The van der Waals surface area contributed by atoms with Crippen molar-refractivity contribution < 1.29 is 4.79 Å². The zero-order valence-electron chi connectivity index (χ0n) is 11.7. The van der Waals surface area contributed by atoms with Gasteiger partial charge in [0, 0.05) is 25.9 Å². The molecule has 21 heavy (non-hydrogen) atoms. The third-order valence-electron chi connectivity index (χ3n) is 2.97. The summed E-state index contributed by atoms with van der Waals surface area (Å²) in [4.78, 5) is 12.4. The molecule has 106 valence electrons. The van der Waals surface area contributed by atoms with Gasteiger partial charge in [0.2, 0.25) is 5.78 Å². The number of carbonyl (C=O) groups excluding carboxylic acids is 1. The first kappa shape index (κ1) is 14.9. The van der Waals surface area contributed by atoms with Crippen LogP contribution in [0.25, 0.3) is 6.08 Å². The Balaban J connectivity index is 2.43. The summed E-state index contributed by atoms with van der Waals surface area (Å²) in [6, 6.07) is 12.3. The number of nitriles is 1. The van der Waals surface area contributed by atoms with E-state index in [9.17, 15) is 10.1 Å². The average Bonchev–Trinajstić information content (AvgIpc) is 2.93. The number of halogens is 1. The molecular weight excluding hydrogens is 286 g/mol. The zero-order valence-corrected chi connectivity index (χ0v) is 12.5. The lowest BCUT2D eigenvalue weighted by atomic mass is 10.0. The summed E-state index contributed by atoms with van der Waals surface area (Å²) < 4.78 is 1.83. The molecule has 0 fully saturated rings. The molecule has 0 spiro atoms. The van der Waals surface area contributed by atoms with Gasteiger partial charge in [0.1, 0.15) is 11.6 Å². The van der Waals surface area contributed by atoms with Crippen LogP contribution in [0.3, 0.4) is 0 Å². The van der Waals surface area contributed by atoms with Crippen molar-refractivity contribution in [3.05, 3.63) is 64.4 Å². The average molecular weight is 300 g/mol. The number of benzene rings is 1. The number of hydrogen-bond acceptors (Lipinski definition) is 3. The number of rotatable bonds is 4. The Morgan fingerprint density at radius 1 is 1.29 bits per heavy atom. The Hall–Kier alpha value is -2.51. The normalized spacial score (nSPS) is 11.0. The van der Waals surface area contributed by atoms with Crippen molar-refractivity contribution in [2.75, 3.05) is 19.1 Å². The van der Waals surface area contributed by atoms with Gasteiger partial charge in [-0.2, -0.15) is 5.26 Å². The topological polar surface area (TPSA) is 49.0 Å². The number of nitrogens with zero attached hydrogens (tertiary/aromatic N) is 3. The van der Waals surface area contributed by atoms with Crippen LogP contribution >= 0.6 is 11.6 Å². The first-order valence-electron chi connectivity index (χ1n) is 6.30. The smallest absolute Gasteiger partial charge is 0.205 e. The van der Waals surface area contributed by atoms with E-state index in [1.165, 1.54) is 0 Å². The van der Waals surface area contributed by atoms with E-state index in [4.69, 9.17) is 11.6 Å². The maximum Gasteiger partial charge on any atom is 0.205 e. The lowest BCUT2D eigenvalue weighted by Crippen LogP contribution is -2.24. The van der Waals surface area contributed by atoms with E-state index in [1.54, 1.807) is 30.3 Å². The fraction of sp³-hybridized carbons (Fsp3) is 0.125. The third-order valence-corrected chi connectivity index (χ3v) is 3.30. The minimum absolute atomic E-state index is 0.0462. The number of Topliss-reactive ketones (excluding diaryl/α,β-unsaturated/α-hetero) is 1. The van der Waals surface area contributed by atoms with E-state index in [0.717, 1.165) is 5.69 Å². The summed E-state index contributed by atoms with van der Waals surface area (Å²) in [5.41, 5.74) is 1.12. The molecule has 0 bridgehead atoms. The maximum absolute atomic E-state index is 12.4. The van der Waals surface area contributed by atoms with Gasteiger partial charge in [-0.3, -0.25) is 9.47 Å².